The van der Waals surface area contributed by atoms with Crippen LogP contribution >= 0.6 is 0 Å². The average molecular weight is 350 g/mol. The Hall–Kier alpha value is -2.24. The molecule has 0 atom stereocenters. The summed E-state index contributed by atoms with van der Waals surface area (Å²) in [6.07, 6.45) is 0.993. The van der Waals surface area contributed by atoms with Crippen LogP contribution in [0.15, 0.2) is 18.2 Å². The molecule has 0 bridgehead atoms. The first-order valence-corrected chi connectivity index (χ1v) is 8.62. The van der Waals surface area contributed by atoms with Crippen LogP contribution in [-0.4, -0.2) is 38.6 Å². The van der Waals surface area contributed by atoms with Gasteiger partial charge in [-0.05, 0) is 31.0 Å². The first kappa shape index (κ1) is 20.8. The number of carbonyl (C=O) groups is 2. The molecule has 0 aliphatic rings. The van der Waals surface area contributed by atoms with Crippen LogP contribution in [0.1, 0.15) is 39.7 Å². The van der Waals surface area contributed by atoms with Crippen molar-refractivity contribution in [1.29, 1.82) is 0 Å². The van der Waals surface area contributed by atoms with Crippen molar-refractivity contribution in [2.45, 2.75) is 40.5 Å². The Morgan fingerprint density at radius 2 is 1.76 bits per heavy atom. The highest BCUT2D eigenvalue weighted by Gasteiger charge is 2.20. The van der Waals surface area contributed by atoms with Gasteiger partial charge in [0.15, 0.2) is 11.5 Å². The van der Waals surface area contributed by atoms with E-state index in [2.05, 4.69) is 10.6 Å². The van der Waals surface area contributed by atoms with Gasteiger partial charge in [0.2, 0.25) is 11.8 Å². The van der Waals surface area contributed by atoms with Crippen molar-refractivity contribution in [2.24, 2.45) is 5.41 Å². The Labute approximate surface area is 150 Å². The first-order valence-electron chi connectivity index (χ1n) is 8.62. The van der Waals surface area contributed by atoms with Gasteiger partial charge in [-0.1, -0.05) is 26.8 Å². The molecular formula is C19H30N2O4. The van der Waals surface area contributed by atoms with E-state index in [1.165, 1.54) is 0 Å². The molecule has 6 nitrogen and oxygen atoms in total. The zero-order chi connectivity index (χ0) is 18.9. The minimum absolute atomic E-state index is 0.0248. The van der Waals surface area contributed by atoms with Crippen LogP contribution in [-0.2, 0) is 16.0 Å². The van der Waals surface area contributed by atoms with Crippen LogP contribution in [0.4, 0.5) is 0 Å². The number of aryl methyl sites for hydroxylation is 1. The van der Waals surface area contributed by atoms with Gasteiger partial charge in [0.25, 0.3) is 0 Å². The monoisotopic (exact) mass is 350 g/mol. The molecule has 25 heavy (non-hydrogen) atoms. The minimum Gasteiger partial charge on any atom is -0.493 e. The summed E-state index contributed by atoms with van der Waals surface area (Å²) < 4.78 is 10.8. The highest BCUT2D eigenvalue weighted by Crippen LogP contribution is 2.28. The topological polar surface area (TPSA) is 76.7 Å². The molecule has 0 aliphatic heterocycles. The lowest BCUT2D eigenvalue weighted by molar-refractivity contribution is -0.128. The number of rotatable bonds is 9. The minimum atomic E-state index is -0.420. The Balaban J connectivity index is 2.35. The quantitative estimate of drug-likeness (QED) is 0.670. The van der Waals surface area contributed by atoms with Crippen molar-refractivity contribution in [3.63, 3.8) is 0 Å². The Morgan fingerprint density at radius 3 is 2.36 bits per heavy atom. The average Bonchev–Trinajstić information content (AvgIpc) is 2.56. The summed E-state index contributed by atoms with van der Waals surface area (Å²) in [7, 11) is 1.60. The Morgan fingerprint density at radius 1 is 1.08 bits per heavy atom. The van der Waals surface area contributed by atoms with Gasteiger partial charge in [-0.15, -0.1) is 0 Å². The van der Waals surface area contributed by atoms with Gasteiger partial charge in [-0.2, -0.15) is 0 Å². The standard InChI is InChI=1S/C19H30N2O4/c1-6-25-15-9-7-14(13-16(15)24-5)8-10-17(22)20-11-12-21-18(23)19(2,3)4/h7,9,13H,6,8,10-12H2,1-5H3,(H,20,22)(H,21,23). The molecule has 2 amide bonds. The molecule has 0 spiro atoms. The van der Waals surface area contributed by atoms with Gasteiger partial charge in [0.05, 0.1) is 13.7 Å². The van der Waals surface area contributed by atoms with Gasteiger partial charge in [0.1, 0.15) is 0 Å². The highest BCUT2D eigenvalue weighted by molar-refractivity contribution is 5.81. The molecule has 0 radical (unpaired) electrons. The number of hydrogen-bond donors (Lipinski definition) is 2. The second-order valence-electron chi connectivity index (χ2n) is 6.77. The molecule has 0 heterocycles. The normalized spacial score (nSPS) is 10.9. The number of hydrogen-bond acceptors (Lipinski definition) is 4. The molecule has 6 heteroatoms. The van der Waals surface area contributed by atoms with E-state index in [-0.39, 0.29) is 11.8 Å². The molecule has 0 aromatic heterocycles. The van der Waals surface area contributed by atoms with E-state index in [1.807, 2.05) is 45.9 Å². The zero-order valence-corrected chi connectivity index (χ0v) is 15.9. The van der Waals surface area contributed by atoms with E-state index >= 15 is 0 Å². The van der Waals surface area contributed by atoms with E-state index < -0.39 is 5.41 Å². The molecule has 140 valence electrons. The van der Waals surface area contributed by atoms with E-state index in [1.54, 1.807) is 7.11 Å². The van der Waals surface area contributed by atoms with Crippen LogP contribution in [0.2, 0.25) is 0 Å². The summed E-state index contributed by atoms with van der Waals surface area (Å²) in [4.78, 5) is 23.6. The number of benzene rings is 1. The zero-order valence-electron chi connectivity index (χ0n) is 15.9. The molecular weight excluding hydrogens is 320 g/mol. The molecule has 2 N–H and O–H groups in total. The summed E-state index contributed by atoms with van der Waals surface area (Å²) in [5, 5.41) is 5.61. The number of carbonyl (C=O) groups excluding carboxylic acids is 2. The second-order valence-corrected chi connectivity index (χ2v) is 6.77. The number of nitrogens with one attached hydrogen (secondary N) is 2. The van der Waals surface area contributed by atoms with Crippen molar-refractivity contribution in [3.05, 3.63) is 23.8 Å². The van der Waals surface area contributed by atoms with Crippen molar-refractivity contribution in [1.82, 2.24) is 10.6 Å². The van der Waals surface area contributed by atoms with Crippen molar-refractivity contribution < 1.29 is 19.1 Å². The van der Waals surface area contributed by atoms with Crippen molar-refractivity contribution in [3.8, 4) is 11.5 Å². The fraction of sp³-hybridized carbons (Fsp3) is 0.579. The Kier molecular flexibility index (Phi) is 8.25. The lowest BCUT2D eigenvalue weighted by atomic mass is 9.96. The van der Waals surface area contributed by atoms with Crippen LogP contribution in [0.3, 0.4) is 0 Å². The molecule has 1 rings (SSSR count). The van der Waals surface area contributed by atoms with E-state index in [0.29, 0.717) is 44.0 Å². The van der Waals surface area contributed by atoms with E-state index in [4.69, 9.17) is 9.47 Å². The SMILES string of the molecule is CCOc1ccc(CCC(=O)NCCNC(=O)C(C)(C)C)cc1OC. The Bertz CT molecular complexity index is 579. The van der Waals surface area contributed by atoms with Gasteiger partial charge in [-0.25, -0.2) is 0 Å². The predicted octanol–water partition coefficient (Wildman–Crippen LogP) is 2.30. The summed E-state index contributed by atoms with van der Waals surface area (Å²) in [6, 6.07) is 5.68. The van der Waals surface area contributed by atoms with E-state index in [0.717, 1.165) is 5.56 Å². The van der Waals surface area contributed by atoms with Gasteiger partial charge >= 0.3 is 0 Å². The van der Waals surface area contributed by atoms with Crippen LogP contribution in [0, 0.1) is 5.41 Å². The maximum Gasteiger partial charge on any atom is 0.225 e. The van der Waals surface area contributed by atoms with Crippen molar-refractivity contribution >= 4 is 11.8 Å². The highest BCUT2D eigenvalue weighted by atomic mass is 16.5. The molecule has 0 saturated carbocycles. The van der Waals surface area contributed by atoms with Crippen LogP contribution in [0.5, 0.6) is 11.5 Å². The number of methoxy groups -OCH3 is 1. The maximum atomic E-state index is 11.9. The van der Waals surface area contributed by atoms with Crippen molar-refractivity contribution in [2.75, 3.05) is 26.8 Å². The summed E-state index contributed by atoms with van der Waals surface area (Å²) in [5.74, 6) is 1.30. The third-order valence-corrected chi connectivity index (χ3v) is 3.58. The fourth-order valence-corrected chi connectivity index (χ4v) is 2.13. The first-order chi connectivity index (χ1) is 11.8. The maximum absolute atomic E-state index is 11.9. The molecule has 0 fully saturated rings. The summed E-state index contributed by atoms with van der Waals surface area (Å²) in [5.41, 5.74) is 0.591. The predicted molar refractivity (Wildman–Crippen MR) is 98.0 cm³/mol. The summed E-state index contributed by atoms with van der Waals surface area (Å²) in [6.45, 7) is 8.90. The van der Waals surface area contributed by atoms with Crippen LogP contribution in [0.25, 0.3) is 0 Å². The van der Waals surface area contributed by atoms with Crippen LogP contribution < -0.4 is 20.1 Å². The number of amides is 2. The molecule has 1 aromatic rings. The number of ether oxygens (including phenoxy) is 2. The molecule has 0 aliphatic carbocycles. The molecule has 0 saturated heterocycles. The molecule has 0 unspecified atom stereocenters. The second kappa shape index (κ2) is 9.91. The van der Waals surface area contributed by atoms with Gasteiger partial charge in [-0.3, -0.25) is 9.59 Å². The third kappa shape index (κ3) is 7.45. The third-order valence-electron chi connectivity index (χ3n) is 3.58. The van der Waals surface area contributed by atoms with E-state index in [9.17, 15) is 9.59 Å². The van der Waals surface area contributed by atoms with Gasteiger partial charge in [0, 0.05) is 24.9 Å². The lowest BCUT2D eigenvalue weighted by Crippen LogP contribution is -2.39. The lowest BCUT2D eigenvalue weighted by Gasteiger charge is -2.17. The fourth-order valence-electron chi connectivity index (χ4n) is 2.13. The largest absolute Gasteiger partial charge is 0.493 e. The smallest absolute Gasteiger partial charge is 0.225 e. The summed E-state index contributed by atoms with van der Waals surface area (Å²) >= 11 is 0. The van der Waals surface area contributed by atoms with Gasteiger partial charge < -0.3 is 20.1 Å². The molecule has 1 aromatic carbocycles.